The maximum atomic E-state index is 12.5. The monoisotopic (exact) mass is 510 g/mol. The number of carbonyl (C=O) groups is 3. The summed E-state index contributed by atoms with van der Waals surface area (Å²) in [6, 6.07) is 0. The molecule has 0 saturated heterocycles. The summed E-state index contributed by atoms with van der Waals surface area (Å²) in [5.41, 5.74) is 0. The first kappa shape index (κ1) is 26.9. The van der Waals surface area contributed by atoms with Crippen LogP contribution in [0.1, 0.15) is 116 Å². The first-order chi connectivity index (χ1) is 17.5. The number of rotatable bonds is 6. The van der Waals surface area contributed by atoms with Crippen LogP contribution in [0.5, 0.6) is 0 Å². The van der Waals surface area contributed by atoms with Crippen molar-refractivity contribution in [1.82, 2.24) is 0 Å². The molecule has 4 saturated carbocycles. The molecule has 0 radical (unpaired) electrons. The lowest BCUT2D eigenvalue weighted by molar-refractivity contribution is -0.0907. The molecule has 0 aromatic heterocycles. The molecule has 4 aliphatic rings. The average Bonchev–Trinajstić information content (AvgIpc) is 2.85. The summed E-state index contributed by atoms with van der Waals surface area (Å²) in [5, 5.41) is 0. The largest absolute Gasteiger partial charge is 0.508 e. The zero-order chi connectivity index (χ0) is 25.2. The van der Waals surface area contributed by atoms with Crippen molar-refractivity contribution in [2.75, 3.05) is 0 Å². The Morgan fingerprint density at radius 2 is 0.556 bits per heavy atom. The third-order valence-corrected chi connectivity index (χ3v) is 7.81. The zero-order valence-electron chi connectivity index (χ0n) is 21.4. The van der Waals surface area contributed by atoms with E-state index in [1.54, 1.807) is 0 Å². The second kappa shape index (κ2) is 13.9. The third kappa shape index (κ3) is 9.04. The molecule has 0 aliphatic heterocycles. The molecular weight excluding hydrogens is 468 g/mol. The third-order valence-electron chi connectivity index (χ3n) is 7.81. The van der Waals surface area contributed by atoms with Crippen LogP contribution in [0.25, 0.3) is 0 Å². The van der Waals surface area contributed by atoms with E-state index in [2.05, 4.69) is 0 Å². The van der Waals surface area contributed by atoms with Crippen molar-refractivity contribution in [2.24, 2.45) is 0 Å². The smallest absolute Gasteiger partial charge is 0.431 e. The molecule has 0 N–H and O–H groups in total. The molecule has 0 aromatic carbocycles. The van der Waals surface area contributed by atoms with E-state index in [-0.39, 0.29) is 18.3 Å². The molecule has 0 aromatic rings. The van der Waals surface area contributed by atoms with Gasteiger partial charge in [-0.1, -0.05) is 19.3 Å². The topological polar surface area (TPSA) is 107 Å². The summed E-state index contributed by atoms with van der Waals surface area (Å²) >= 11 is 0. The van der Waals surface area contributed by atoms with Crippen LogP contribution in [-0.2, 0) is 28.4 Å². The Bertz CT molecular complexity index is 607. The second-order valence-corrected chi connectivity index (χ2v) is 10.8. The first-order valence-electron chi connectivity index (χ1n) is 14.2. The predicted molar refractivity (Wildman–Crippen MR) is 129 cm³/mol. The molecule has 0 unspecified atom stereocenters. The van der Waals surface area contributed by atoms with Crippen LogP contribution in [0.4, 0.5) is 14.4 Å². The summed E-state index contributed by atoms with van der Waals surface area (Å²) in [4.78, 5) is 37.4. The number of hydrogen-bond donors (Lipinski definition) is 0. The maximum Gasteiger partial charge on any atom is 0.508 e. The van der Waals surface area contributed by atoms with Gasteiger partial charge in [0.2, 0.25) is 0 Å². The van der Waals surface area contributed by atoms with Crippen LogP contribution in [0.15, 0.2) is 0 Å². The van der Waals surface area contributed by atoms with E-state index in [9.17, 15) is 14.4 Å². The van der Waals surface area contributed by atoms with E-state index in [0.29, 0.717) is 19.3 Å². The number of hydrogen-bond acceptors (Lipinski definition) is 9. The molecule has 0 atom stereocenters. The van der Waals surface area contributed by atoms with Crippen molar-refractivity contribution >= 4 is 18.5 Å². The highest BCUT2D eigenvalue weighted by molar-refractivity contribution is 5.62. The van der Waals surface area contributed by atoms with Crippen molar-refractivity contribution in [1.29, 1.82) is 0 Å². The van der Waals surface area contributed by atoms with Crippen molar-refractivity contribution in [2.45, 2.75) is 152 Å². The highest BCUT2D eigenvalue weighted by Gasteiger charge is 2.37. The number of carbonyl (C=O) groups excluding carboxylic acids is 3. The summed E-state index contributed by atoms with van der Waals surface area (Å²) in [5.74, 6) is 0. The Hall–Kier alpha value is -2.19. The van der Waals surface area contributed by atoms with Gasteiger partial charge in [-0.15, -0.1) is 0 Å². The Balaban J connectivity index is 1.30. The molecule has 4 fully saturated rings. The van der Waals surface area contributed by atoms with Gasteiger partial charge in [-0.2, -0.15) is 0 Å². The van der Waals surface area contributed by atoms with Crippen LogP contribution in [0.3, 0.4) is 0 Å². The van der Waals surface area contributed by atoms with Gasteiger partial charge in [0.1, 0.15) is 36.6 Å². The fraction of sp³-hybridized carbons (Fsp3) is 0.889. The summed E-state index contributed by atoms with van der Waals surface area (Å²) < 4.78 is 33.3. The van der Waals surface area contributed by atoms with E-state index in [0.717, 1.165) is 96.3 Å². The average molecular weight is 511 g/mol. The van der Waals surface area contributed by atoms with E-state index >= 15 is 0 Å². The van der Waals surface area contributed by atoms with Crippen molar-refractivity contribution in [3.05, 3.63) is 0 Å². The molecule has 9 heteroatoms. The van der Waals surface area contributed by atoms with Gasteiger partial charge in [0.05, 0.1) is 0 Å². The van der Waals surface area contributed by atoms with Gasteiger partial charge < -0.3 is 28.4 Å². The Morgan fingerprint density at radius 3 is 0.806 bits per heavy atom. The lowest BCUT2D eigenvalue weighted by Crippen LogP contribution is -2.41. The van der Waals surface area contributed by atoms with Gasteiger partial charge >= 0.3 is 18.5 Å². The fourth-order valence-corrected chi connectivity index (χ4v) is 5.91. The Labute approximate surface area is 213 Å². The normalized spacial score (nSPS) is 28.5. The summed E-state index contributed by atoms with van der Waals surface area (Å²) in [6.07, 6.45) is 11.4. The lowest BCUT2D eigenvalue weighted by Gasteiger charge is -2.34. The maximum absolute atomic E-state index is 12.5. The first-order valence-corrected chi connectivity index (χ1v) is 14.2. The molecule has 0 heterocycles. The van der Waals surface area contributed by atoms with E-state index in [4.69, 9.17) is 28.4 Å². The minimum atomic E-state index is -0.721. The highest BCUT2D eigenvalue weighted by atomic mass is 16.8. The van der Waals surface area contributed by atoms with Gasteiger partial charge in [-0.3, -0.25) is 0 Å². The zero-order valence-corrected chi connectivity index (χ0v) is 21.4. The van der Waals surface area contributed by atoms with Gasteiger partial charge in [-0.25, -0.2) is 14.4 Å². The Morgan fingerprint density at radius 1 is 0.333 bits per heavy atom. The minimum absolute atomic E-state index is 0.120. The molecule has 36 heavy (non-hydrogen) atoms. The minimum Gasteiger partial charge on any atom is -0.431 e. The van der Waals surface area contributed by atoms with E-state index in [1.807, 2.05) is 0 Å². The van der Waals surface area contributed by atoms with Crippen molar-refractivity contribution in [3.8, 4) is 0 Å². The van der Waals surface area contributed by atoms with Crippen LogP contribution in [-0.4, -0.2) is 55.1 Å². The molecule has 0 bridgehead atoms. The molecule has 4 rings (SSSR count). The van der Waals surface area contributed by atoms with Crippen molar-refractivity contribution in [3.63, 3.8) is 0 Å². The molecule has 204 valence electrons. The molecule has 0 amide bonds. The molecule has 9 nitrogen and oxygen atoms in total. The van der Waals surface area contributed by atoms with Gasteiger partial charge in [0, 0.05) is 19.3 Å². The highest BCUT2D eigenvalue weighted by Crippen LogP contribution is 2.30. The van der Waals surface area contributed by atoms with Crippen LogP contribution >= 0.6 is 0 Å². The standard InChI is InChI=1S/C27H42O9/c28-25(31-19-10-4-1-5-11-19)34-22-16-23(35-26(29)32-20-12-6-2-7-13-20)18-24(17-22)36-27(30)33-21-14-8-3-9-15-21/h19-24H,1-18H2. The molecule has 4 aliphatic carbocycles. The molecule has 0 spiro atoms. The van der Waals surface area contributed by atoms with E-state index in [1.165, 1.54) is 0 Å². The second-order valence-electron chi connectivity index (χ2n) is 10.8. The SMILES string of the molecule is O=C(OC1CCCCC1)OC1CC(OC(=O)OC2CCCCC2)CC(OC(=O)OC2CCCCC2)C1. The molecular formula is C27H42O9. The van der Waals surface area contributed by atoms with Crippen LogP contribution in [0.2, 0.25) is 0 Å². The lowest BCUT2D eigenvalue weighted by atomic mass is 9.92. The number of ether oxygens (including phenoxy) is 6. The van der Waals surface area contributed by atoms with Gasteiger partial charge in [0.25, 0.3) is 0 Å². The van der Waals surface area contributed by atoms with E-state index < -0.39 is 36.8 Å². The van der Waals surface area contributed by atoms with Crippen LogP contribution < -0.4 is 0 Å². The van der Waals surface area contributed by atoms with Crippen molar-refractivity contribution < 1.29 is 42.8 Å². The van der Waals surface area contributed by atoms with Crippen LogP contribution in [0, 0.1) is 0 Å². The Kier molecular flexibility index (Phi) is 10.4. The predicted octanol–water partition coefficient (Wildman–Crippen LogP) is 6.73. The quantitative estimate of drug-likeness (QED) is 0.284. The summed E-state index contributed by atoms with van der Waals surface area (Å²) in [6.45, 7) is 0. The summed E-state index contributed by atoms with van der Waals surface area (Å²) in [7, 11) is 0. The van der Waals surface area contributed by atoms with Gasteiger partial charge in [0.15, 0.2) is 0 Å². The van der Waals surface area contributed by atoms with Gasteiger partial charge in [-0.05, 0) is 77.0 Å². The fourth-order valence-electron chi connectivity index (χ4n) is 5.91.